The van der Waals surface area contributed by atoms with Gasteiger partial charge in [0, 0.05) is 16.1 Å². The predicted molar refractivity (Wildman–Crippen MR) is 75.5 cm³/mol. The molecule has 18 heavy (non-hydrogen) atoms. The number of nitrogens with zero attached hydrogens (tertiary/aromatic N) is 1. The first-order valence-corrected chi connectivity index (χ1v) is 6.95. The van der Waals surface area contributed by atoms with E-state index in [1.165, 1.54) is 0 Å². The van der Waals surface area contributed by atoms with Crippen LogP contribution in [0.25, 0.3) is 0 Å². The van der Waals surface area contributed by atoms with Crippen LogP contribution in [0.2, 0.25) is 0 Å². The molecular formula is C13H18BrN3O. The highest BCUT2D eigenvalue weighted by Gasteiger charge is 2.34. The SMILES string of the molecule is Cc1cc(NC(=O)C2(C)CCNCC2)ncc1Br. The number of carbonyl (C=O) groups is 1. The van der Waals surface area contributed by atoms with E-state index in [9.17, 15) is 4.79 Å². The van der Waals surface area contributed by atoms with Gasteiger partial charge in [-0.05, 0) is 60.4 Å². The van der Waals surface area contributed by atoms with Gasteiger partial charge in [0.2, 0.25) is 5.91 Å². The average molecular weight is 312 g/mol. The van der Waals surface area contributed by atoms with E-state index in [-0.39, 0.29) is 11.3 Å². The monoisotopic (exact) mass is 311 g/mol. The Kier molecular flexibility index (Phi) is 4.02. The van der Waals surface area contributed by atoms with Gasteiger partial charge in [0.05, 0.1) is 0 Å². The van der Waals surface area contributed by atoms with E-state index in [4.69, 9.17) is 0 Å². The second-order valence-electron chi connectivity index (χ2n) is 5.08. The Labute approximate surface area is 116 Å². The van der Waals surface area contributed by atoms with Crippen molar-refractivity contribution in [3.63, 3.8) is 0 Å². The second kappa shape index (κ2) is 5.36. The van der Waals surface area contributed by atoms with Gasteiger partial charge in [0.1, 0.15) is 5.82 Å². The van der Waals surface area contributed by atoms with E-state index in [0.29, 0.717) is 5.82 Å². The molecule has 2 heterocycles. The molecular weight excluding hydrogens is 294 g/mol. The summed E-state index contributed by atoms with van der Waals surface area (Å²) in [5, 5.41) is 6.19. The van der Waals surface area contributed by atoms with E-state index < -0.39 is 0 Å². The van der Waals surface area contributed by atoms with Crippen LogP contribution in [0.1, 0.15) is 25.3 Å². The standard InChI is InChI=1S/C13H18BrN3O/c1-9-7-11(16-8-10(9)14)17-12(18)13(2)3-5-15-6-4-13/h7-8,15H,3-6H2,1-2H3,(H,16,17,18). The van der Waals surface area contributed by atoms with Gasteiger partial charge < -0.3 is 10.6 Å². The average Bonchev–Trinajstić information content (AvgIpc) is 2.35. The molecule has 0 unspecified atom stereocenters. The van der Waals surface area contributed by atoms with Crippen LogP contribution in [0.5, 0.6) is 0 Å². The molecule has 0 saturated carbocycles. The Bertz CT molecular complexity index is 456. The molecule has 1 aliphatic heterocycles. The fourth-order valence-corrected chi connectivity index (χ4v) is 2.30. The number of hydrogen-bond acceptors (Lipinski definition) is 3. The number of carbonyl (C=O) groups excluding carboxylic acids is 1. The molecule has 2 rings (SSSR count). The molecule has 1 aromatic heterocycles. The third kappa shape index (κ3) is 2.90. The third-order valence-electron chi connectivity index (χ3n) is 3.54. The van der Waals surface area contributed by atoms with Gasteiger partial charge in [-0.1, -0.05) is 6.92 Å². The van der Waals surface area contributed by atoms with Crippen molar-refractivity contribution in [1.29, 1.82) is 0 Å². The largest absolute Gasteiger partial charge is 0.317 e. The van der Waals surface area contributed by atoms with E-state index in [1.807, 2.05) is 19.9 Å². The number of amides is 1. The Morgan fingerprint density at radius 2 is 2.17 bits per heavy atom. The van der Waals surface area contributed by atoms with E-state index in [1.54, 1.807) is 6.20 Å². The summed E-state index contributed by atoms with van der Waals surface area (Å²) in [7, 11) is 0. The summed E-state index contributed by atoms with van der Waals surface area (Å²) in [6.07, 6.45) is 3.46. The van der Waals surface area contributed by atoms with Gasteiger partial charge in [-0.3, -0.25) is 4.79 Å². The van der Waals surface area contributed by atoms with Gasteiger partial charge in [0.25, 0.3) is 0 Å². The van der Waals surface area contributed by atoms with Crippen LogP contribution < -0.4 is 10.6 Å². The Morgan fingerprint density at radius 3 is 2.78 bits per heavy atom. The van der Waals surface area contributed by atoms with Gasteiger partial charge in [-0.25, -0.2) is 4.98 Å². The molecule has 1 amide bonds. The summed E-state index contributed by atoms with van der Waals surface area (Å²) in [4.78, 5) is 16.5. The van der Waals surface area contributed by atoms with Crippen molar-refractivity contribution in [3.8, 4) is 0 Å². The van der Waals surface area contributed by atoms with Crippen molar-refractivity contribution in [1.82, 2.24) is 10.3 Å². The number of rotatable bonds is 2. The normalized spacial score (nSPS) is 18.4. The van der Waals surface area contributed by atoms with Crippen molar-refractivity contribution < 1.29 is 4.79 Å². The molecule has 0 aromatic carbocycles. The predicted octanol–water partition coefficient (Wildman–Crippen LogP) is 2.48. The number of aryl methyl sites for hydroxylation is 1. The minimum atomic E-state index is -0.284. The minimum absolute atomic E-state index is 0.0678. The fourth-order valence-electron chi connectivity index (χ4n) is 2.08. The molecule has 0 radical (unpaired) electrons. The maximum atomic E-state index is 12.3. The van der Waals surface area contributed by atoms with Crippen LogP contribution in [0.4, 0.5) is 5.82 Å². The lowest BCUT2D eigenvalue weighted by atomic mass is 9.80. The van der Waals surface area contributed by atoms with Crippen LogP contribution in [-0.4, -0.2) is 24.0 Å². The zero-order valence-corrected chi connectivity index (χ0v) is 12.3. The highest BCUT2D eigenvalue weighted by Crippen LogP contribution is 2.29. The molecule has 5 heteroatoms. The quantitative estimate of drug-likeness (QED) is 0.882. The maximum Gasteiger partial charge on any atom is 0.231 e. The zero-order chi connectivity index (χ0) is 13.2. The molecule has 1 saturated heterocycles. The summed E-state index contributed by atoms with van der Waals surface area (Å²) in [6, 6.07) is 1.88. The Morgan fingerprint density at radius 1 is 1.50 bits per heavy atom. The molecule has 0 bridgehead atoms. The first-order chi connectivity index (χ1) is 8.51. The lowest BCUT2D eigenvalue weighted by molar-refractivity contribution is -0.126. The summed E-state index contributed by atoms with van der Waals surface area (Å²) in [5.74, 6) is 0.693. The van der Waals surface area contributed by atoms with Crippen LogP contribution >= 0.6 is 15.9 Å². The fraction of sp³-hybridized carbons (Fsp3) is 0.538. The number of halogens is 1. The summed E-state index contributed by atoms with van der Waals surface area (Å²) < 4.78 is 0.952. The molecule has 4 nitrogen and oxygen atoms in total. The number of anilines is 1. The third-order valence-corrected chi connectivity index (χ3v) is 4.37. The van der Waals surface area contributed by atoms with Crippen molar-refractivity contribution in [2.45, 2.75) is 26.7 Å². The number of hydrogen-bond donors (Lipinski definition) is 2. The molecule has 98 valence electrons. The van der Waals surface area contributed by atoms with E-state index in [0.717, 1.165) is 36.0 Å². The highest BCUT2D eigenvalue weighted by atomic mass is 79.9. The molecule has 1 fully saturated rings. The summed E-state index contributed by atoms with van der Waals surface area (Å²) >= 11 is 3.40. The van der Waals surface area contributed by atoms with Gasteiger partial charge in [-0.15, -0.1) is 0 Å². The number of piperidine rings is 1. The molecule has 0 aliphatic carbocycles. The summed E-state index contributed by atoms with van der Waals surface area (Å²) in [5.41, 5.74) is 0.782. The number of pyridine rings is 1. The molecule has 1 aliphatic rings. The first kappa shape index (κ1) is 13.5. The number of nitrogens with one attached hydrogen (secondary N) is 2. The van der Waals surface area contributed by atoms with Crippen molar-refractivity contribution >= 4 is 27.7 Å². The lowest BCUT2D eigenvalue weighted by Crippen LogP contribution is -2.42. The Balaban J connectivity index is 2.08. The molecule has 1 aromatic rings. The molecule has 0 atom stereocenters. The molecule has 0 spiro atoms. The topological polar surface area (TPSA) is 54.0 Å². The van der Waals surface area contributed by atoms with Crippen LogP contribution in [-0.2, 0) is 4.79 Å². The summed E-state index contributed by atoms with van der Waals surface area (Å²) in [6.45, 7) is 5.80. The minimum Gasteiger partial charge on any atom is -0.317 e. The van der Waals surface area contributed by atoms with Crippen molar-refractivity contribution in [2.24, 2.45) is 5.41 Å². The second-order valence-corrected chi connectivity index (χ2v) is 5.94. The highest BCUT2D eigenvalue weighted by molar-refractivity contribution is 9.10. The van der Waals surface area contributed by atoms with Crippen LogP contribution in [0.15, 0.2) is 16.7 Å². The van der Waals surface area contributed by atoms with E-state index >= 15 is 0 Å². The smallest absolute Gasteiger partial charge is 0.231 e. The van der Waals surface area contributed by atoms with Crippen LogP contribution in [0.3, 0.4) is 0 Å². The van der Waals surface area contributed by atoms with E-state index in [2.05, 4.69) is 31.5 Å². The van der Waals surface area contributed by atoms with Crippen LogP contribution in [0, 0.1) is 12.3 Å². The van der Waals surface area contributed by atoms with Crippen molar-refractivity contribution in [3.05, 3.63) is 22.3 Å². The van der Waals surface area contributed by atoms with Gasteiger partial charge >= 0.3 is 0 Å². The number of aromatic nitrogens is 1. The lowest BCUT2D eigenvalue weighted by Gasteiger charge is -2.32. The zero-order valence-electron chi connectivity index (χ0n) is 10.7. The first-order valence-electron chi connectivity index (χ1n) is 6.16. The Hall–Kier alpha value is -0.940. The van der Waals surface area contributed by atoms with Gasteiger partial charge in [-0.2, -0.15) is 0 Å². The van der Waals surface area contributed by atoms with Gasteiger partial charge in [0.15, 0.2) is 0 Å². The molecule has 2 N–H and O–H groups in total. The van der Waals surface area contributed by atoms with Crippen molar-refractivity contribution in [2.75, 3.05) is 18.4 Å². The maximum absolute atomic E-state index is 12.3.